The van der Waals surface area contributed by atoms with Crippen LogP contribution >= 0.6 is 0 Å². The van der Waals surface area contributed by atoms with Gasteiger partial charge in [0, 0.05) is 38.3 Å². The molecule has 0 unspecified atom stereocenters. The fourth-order valence-corrected chi connectivity index (χ4v) is 4.60. The van der Waals surface area contributed by atoms with Crippen molar-refractivity contribution in [3.63, 3.8) is 0 Å². The maximum absolute atomic E-state index is 12.7. The zero-order chi connectivity index (χ0) is 22.4. The normalized spacial score (nSPS) is 16.6. The van der Waals surface area contributed by atoms with Gasteiger partial charge in [-0.15, -0.1) is 0 Å². The molecule has 1 saturated heterocycles. The zero-order valence-electron chi connectivity index (χ0n) is 19.3. The van der Waals surface area contributed by atoms with Crippen molar-refractivity contribution in [3.8, 4) is 0 Å². The molecule has 0 saturated carbocycles. The monoisotopic (exact) mass is 426 g/mol. The largest absolute Gasteiger partial charge is 0.618 e. The number of nitrogens with one attached hydrogen (secondary N) is 2. The van der Waals surface area contributed by atoms with Crippen LogP contribution < -0.4 is 15.5 Å². The number of piperidine rings is 1. The van der Waals surface area contributed by atoms with Crippen LogP contribution in [-0.4, -0.2) is 41.2 Å². The van der Waals surface area contributed by atoms with Gasteiger partial charge in [0.2, 0.25) is 5.69 Å². The van der Waals surface area contributed by atoms with Crippen LogP contribution in [0, 0.1) is 26.0 Å². The third-order valence-corrected chi connectivity index (χ3v) is 6.81. The lowest BCUT2D eigenvalue weighted by Gasteiger charge is -2.45. The highest BCUT2D eigenvalue weighted by Gasteiger charge is 2.36. The molecule has 2 aromatic rings. The summed E-state index contributed by atoms with van der Waals surface area (Å²) in [5.74, 6) is -0.170. The van der Waals surface area contributed by atoms with E-state index in [1.165, 1.54) is 36.6 Å². The van der Waals surface area contributed by atoms with Gasteiger partial charge in [-0.2, -0.15) is 10.2 Å². The van der Waals surface area contributed by atoms with E-state index in [0.717, 1.165) is 40.9 Å². The fourth-order valence-electron chi connectivity index (χ4n) is 4.60. The van der Waals surface area contributed by atoms with E-state index >= 15 is 0 Å². The molecule has 31 heavy (non-hydrogen) atoms. The predicted octanol–water partition coefficient (Wildman–Crippen LogP) is 2.85. The Bertz CT molecular complexity index is 909. The van der Waals surface area contributed by atoms with Gasteiger partial charge in [0.05, 0.1) is 19.6 Å². The number of likely N-dealkylation sites (tertiary alicyclic amines) is 1. The van der Waals surface area contributed by atoms with Gasteiger partial charge in [-0.05, 0) is 62.8 Å². The Hall–Kier alpha value is -2.51. The predicted molar refractivity (Wildman–Crippen MR) is 121 cm³/mol. The van der Waals surface area contributed by atoms with Crippen molar-refractivity contribution in [2.24, 2.45) is 0 Å². The molecule has 0 aromatic carbocycles. The first-order valence-electron chi connectivity index (χ1n) is 11.3. The molecule has 1 aliphatic rings. The number of rotatable bonds is 8. The number of hydrogen-bond donors (Lipinski definition) is 2. The Kier molecular flexibility index (Phi) is 7.62. The minimum Gasteiger partial charge on any atom is -0.618 e. The minimum atomic E-state index is -0.170. The molecule has 168 valence electrons. The lowest BCUT2D eigenvalue weighted by Crippen LogP contribution is -2.65. The SMILES string of the molecule is Cc1ccncc1CN[N+]1([C@H](C)CCNC(=O)c2c(C)cc[n+]([O-])c2C)CCCCC1. The lowest BCUT2D eigenvalue weighted by atomic mass is 10.0. The molecular weight excluding hydrogens is 390 g/mol. The molecule has 1 aliphatic heterocycles. The average molecular weight is 427 g/mol. The van der Waals surface area contributed by atoms with Gasteiger partial charge in [-0.3, -0.25) is 9.78 Å². The van der Waals surface area contributed by atoms with Crippen molar-refractivity contribution >= 4 is 5.91 Å². The van der Waals surface area contributed by atoms with E-state index in [1.54, 1.807) is 13.0 Å². The molecule has 2 N–H and O–H groups in total. The maximum atomic E-state index is 12.7. The van der Waals surface area contributed by atoms with Crippen LogP contribution in [0.25, 0.3) is 0 Å². The Morgan fingerprint density at radius 1 is 1.19 bits per heavy atom. The minimum absolute atomic E-state index is 0.170. The molecule has 7 nitrogen and oxygen atoms in total. The number of nitrogens with zero attached hydrogens (tertiary/aromatic N) is 3. The van der Waals surface area contributed by atoms with Crippen molar-refractivity contribution in [2.45, 2.75) is 66.0 Å². The molecule has 7 heteroatoms. The summed E-state index contributed by atoms with van der Waals surface area (Å²) in [6, 6.07) is 4.10. The van der Waals surface area contributed by atoms with Crippen molar-refractivity contribution in [2.75, 3.05) is 19.6 Å². The highest BCUT2D eigenvalue weighted by Crippen LogP contribution is 2.23. The number of aromatic nitrogens is 2. The number of pyridine rings is 2. The van der Waals surface area contributed by atoms with Gasteiger partial charge < -0.3 is 10.5 Å². The smallest absolute Gasteiger partial charge is 0.257 e. The summed E-state index contributed by atoms with van der Waals surface area (Å²) < 4.78 is 1.62. The molecule has 2 aromatic heterocycles. The number of quaternary nitrogens is 1. The quantitative estimate of drug-likeness (QED) is 0.386. The van der Waals surface area contributed by atoms with E-state index < -0.39 is 0 Å². The van der Waals surface area contributed by atoms with E-state index in [1.807, 2.05) is 19.3 Å². The number of amides is 1. The highest BCUT2D eigenvalue weighted by atomic mass is 16.5. The third-order valence-electron chi connectivity index (χ3n) is 6.81. The summed E-state index contributed by atoms with van der Waals surface area (Å²) >= 11 is 0. The summed E-state index contributed by atoms with van der Waals surface area (Å²) in [5, 5.41) is 14.9. The topological polar surface area (TPSA) is 81.0 Å². The number of aryl methyl sites for hydroxylation is 2. The molecule has 3 rings (SSSR count). The van der Waals surface area contributed by atoms with Crippen LogP contribution in [0.2, 0.25) is 0 Å². The molecule has 1 fully saturated rings. The summed E-state index contributed by atoms with van der Waals surface area (Å²) in [6.07, 6.45) is 9.79. The van der Waals surface area contributed by atoms with Gasteiger partial charge in [-0.1, -0.05) is 0 Å². The Labute approximate surface area is 185 Å². The lowest BCUT2D eigenvalue weighted by molar-refractivity contribution is -0.995. The van der Waals surface area contributed by atoms with Crippen molar-refractivity contribution in [3.05, 3.63) is 63.9 Å². The van der Waals surface area contributed by atoms with Crippen LogP contribution in [0.3, 0.4) is 0 Å². The van der Waals surface area contributed by atoms with Gasteiger partial charge in [0.15, 0.2) is 6.20 Å². The second kappa shape index (κ2) is 10.2. The van der Waals surface area contributed by atoms with Gasteiger partial charge in [0.25, 0.3) is 5.91 Å². The van der Waals surface area contributed by atoms with E-state index in [2.05, 4.69) is 35.6 Å². The number of carbonyl (C=O) groups excluding carboxylic acids is 1. The summed E-state index contributed by atoms with van der Waals surface area (Å²) in [4.78, 5) is 17.0. The van der Waals surface area contributed by atoms with E-state index in [4.69, 9.17) is 0 Å². The van der Waals surface area contributed by atoms with Crippen molar-refractivity contribution in [1.29, 1.82) is 0 Å². The van der Waals surface area contributed by atoms with E-state index in [-0.39, 0.29) is 5.91 Å². The first-order chi connectivity index (χ1) is 14.8. The Morgan fingerprint density at radius 2 is 1.94 bits per heavy atom. The Balaban J connectivity index is 1.62. The van der Waals surface area contributed by atoms with Crippen LogP contribution in [0.15, 0.2) is 30.7 Å². The molecular formula is C24H36N5O2+. The standard InChI is InChI=1S/C24H35N5O2/c1-18-8-11-25-16-22(18)17-27-29(14-6-5-7-15-29)20(3)9-12-26-24(30)23-19(2)10-13-28(31)21(23)4/h8,10-11,13,16,20,27H,5-7,9,12,14-15,17H2,1-4H3/p+1/t20-/m1/s1. The fraction of sp³-hybridized carbons (Fsp3) is 0.542. The molecule has 0 spiro atoms. The number of carbonyl (C=O) groups is 1. The average Bonchev–Trinajstić information content (AvgIpc) is 2.76. The van der Waals surface area contributed by atoms with Gasteiger partial charge in [-0.25, -0.2) is 4.59 Å². The van der Waals surface area contributed by atoms with Gasteiger partial charge >= 0.3 is 0 Å². The number of hydrogen-bond acceptors (Lipinski definition) is 4. The van der Waals surface area contributed by atoms with E-state index in [0.29, 0.717) is 23.8 Å². The highest BCUT2D eigenvalue weighted by molar-refractivity contribution is 5.96. The second-order valence-electron chi connectivity index (χ2n) is 8.86. The van der Waals surface area contributed by atoms with Crippen LogP contribution in [0.5, 0.6) is 0 Å². The Morgan fingerprint density at radius 3 is 2.65 bits per heavy atom. The summed E-state index contributed by atoms with van der Waals surface area (Å²) in [6.45, 7) is 11.5. The van der Waals surface area contributed by atoms with Crippen molar-refractivity contribution in [1.82, 2.24) is 15.7 Å². The molecule has 3 heterocycles. The third kappa shape index (κ3) is 5.40. The first kappa shape index (κ1) is 23.2. The van der Waals surface area contributed by atoms with Crippen molar-refractivity contribution < 1.29 is 14.1 Å². The van der Waals surface area contributed by atoms with E-state index in [9.17, 15) is 10.0 Å². The molecule has 0 bridgehead atoms. The molecule has 0 aliphatic carbocycles. The van der Waals surface area contributed by atoms with Crippen LogP contribution in [0.1, 0.15) is 65.3 Å². The second-order valence-corrected chi connectivity index (χ2v) is 8.86. The maximum Gasteiger partial charge on any atom is 0.257 e. The summed E-state index contributed by atoms with van der Waals surface area (Å²) in [7, 11) is 0. The molecule has 1 atom stereocenters. The first-order valence-corrected chi connectivity index (χ1v) is 11.3. The zero-order valence-corrected chi connectivity index (χ0v) is 19.3. The molecule has 1 amide bonds. The molecule has 0 radical (unpaired) electrons. The van der Waals surface area contributed by atoms with Crippen LogP contribution in [0.4, 0.5) is 0 Å². The summed E-state index contributed by atoms with van der Waals surface area (Å²) in [5.41, 5.74) is 8.06. The van der Waals surface area contributed by atoms with Gasteiger partial charge in [0.1, 0.15) is 11.6 Å². The van der Waals surface area contributed by atoms with Crippen LogP contribution in [-0.2, 0) is 6.54 Å².